The van der Waals surface area contributed by atoms with Crippen LogP contribution in [0, 0.1) is 20.8 Å². The number of furan rings is 1. The van der Waals surface area contributed by atoms with Crippen LogP contribution in [0.2, 0.25) is 0 Å². The Balaban J connectivity index is 1.80. The fourth-order valence-corrected chi connectivity index (χ4v) is 4.66. The fourth-order valence-electron chi connectivity index (χ4n) is 3.56. The Bertz CT molecular complexity index is 1230. The summed E-state index contributed by atoms with van der Waals surface area (Å²) in [5.41, 5.74) is 4.21. The number of rotatable bonds is 7. The number of aryl methyl sites for hydroxylation is 2. The normalized spacial score (nSPS) is 11.8. The monoisotopic (exact) mass is 447 g/mol. The molecule has 6 nitrogen and oxygen atoms in total. The van der Waals surface area contributed by atoms with Gasteiger partial charge in [-0.25, -0.2) is 4.98 Å². The molecule has 0 aliphatic heterocycles. The van der Waals surface area contributed by atoms with Crippen LogP contribution in [0.5, 0.6) is 5.75 Å². The first-order chi connectivity index (χ1) is 15.5. The van der Waals surface area contributed by atoms with Gasteiger partial charge in [0, 0.05) is 16.6 Å². The highest BCUT2D eigenvalue weighted by molar-refractivity contribution is 7.16. The van der Waals surface area contributed by atoms with Crippen LogP contribution in [0.3, 0.4) is 0 Å². The van der Waals surface area contributed by atoms with Gasteiger partial charge >= 0.3 is 0 Å². The predicted molar refractivity (Wildman–Crippen MR) is 128 cm³/mol. The zero-order valence-corrected chi connectivity index (χ0v) is 19.2. The molecule has 0 saturated carbocycles. The molecule has 32 heavy (non-hydrogen) atoms. The number of thiophene rings is 1. The quantitative estimate of drug-likeness (QED) is 0.357. The number of amides is 1. The van der Waals surface area contributed by atoms with E-state index >= 15 is 0 Å². The molecule has 2 N–H and O–H groups in total. The van der Waals surface area contributed by atoms with Gasteiger partial charge in [0.15, 0.2) is 5.76 Å². The molecule has 4 rings (SSSR count). The summed E-state index contributed by atoms with van der Waals surface area (Å²) < 4.78 is 10.7. The third-order valence-electron chi connectivity index (χ3n) is 5.33. The Kier molecular flexibility index (Phi) is 6.28. The minimum atomic E-state index is -0.282. The Labute approximate surface area is 191 Å². The zero-order chi connectivity index (χ0) is 22.7. The van der Waals surface area contributed by atoms with Crippen LogP contribution in [-0.2, 0) is 0 Å². The van der Waals surface area contributed by atoms with Crippen molar-refractivity contribution >= 4 is 28.1 Å². The van der Waals surface area contributed by atoms with Crippen molar-refractivity contribution in [3.63, 3.8) is 0 Å². The summed E-state index contributed by atoms with van der Waals surface area (Å²) in [6.07, 6.45) is 3.27. The van der Waals surface area contributed by atoms with Crippen LogP contribution in [-0.4, -0.2) is 18.0 Å². The lowest BCUT2D eigenvalue weighted by atomic mass is 9.96. The first kappa shape index (κ1) is 21.6. The molecule has 1 amide bonds. The third-order valence-corrected chi connectivity index (χ3v) is 6.47. The highest BCUT2D eigenvalue weighted by Gasteiger charge is 2.26. The molecular weight excluding hydrogens is 422 g/mol. The average molecular weight is 448 g/mol. The molecule has 7 heteroatoms. The number of pyridine rings is 1. The van der Waals surface area contributed by atoms with Gasteiger partial charge in [-0.1, -0.05) is 12.1 Å². The van der Waals surface area contributed by atoms with Gasteiger partial charge in [0.25, 0.3) is 5.91 Å². The van der Waals surface area contributed by atoms with Crippen LogP contribution in [0.4, 0.5) is 10.8 Å². The van der Waals surface area contributed by atoms with Crippen molar-refractivity contribution in [1.82, 2.24) is 4.98 Å². The number of nitrogens with zero attached hydrogens (tertiary/aromatic N) is 1. The van der Waals surface area contributed by atoms with E-state index in [-0.39, 0.29) is 17.7 Å². The van der Waals surface area contributed by atoms with Crippen molar-refractivity contribution < 1.29 is 13.9 Å². The largest absolute Gasteiger partial charge is 0.497 e. The van der Waals surface area contributed by atoms with Crippen molar-refractivity contribution in [3.8, 4) is 5.75 Å². The maximum Gasteiger partial charge on any atom is 0.291 e. The molecule has 1 aromatic carbocycles. The predicted octanol–water partition coefficient (Wildman–Crippen LogP) is 6.12. The highest BCUT2D eigenvalue weighted by atomic mass is 32.1. The molecule has 0 aliphatic carbocycles. The molecule has 0 unspecified atom stereocenters. The van der Waals surface area contributed by atoms with Gasteiger partial charge in [-0.15, -0.1) is 11.3 Å². The second-order valence-corrected chi connectivity index (χ2v) is 8.75. The summed E-state index contributed by atoms with van der Waals surface area (Å²) >= 11 is 1.55. The van der Waals surface area contributed by atoms with Gasteiger partial charge < -0.3 is 19.8 Å². The van der Waals surface area contributed by atoms with Crippen LogP contribution >= 0.6 is 11.3 Å². The topological polar surface area (TPSA) is 76.4 Å². The zero-order valence-electron chi connectivity index (χ0n) is 18.4. The summed E-state index contributed by atoms with van der Waals surface area (Å²) in [5.74, 6) is 1.50. The molecular formula is C25H25N3O3S. The second-order valence-electron chi connectivity index (χ2n) is 7.53. The second kappa shape index (κ2) is 9.28. The SMILES string of the molecule is COc1cccc([C@@H](Nc2cc(C)ccn2)c2c(NC(=O)c3ccco3)sc(C)c2C)c1. The first-order valence-electron chi connectivity index (χ1n) is 10.2. The number of anilines is 2. The van der Waals surface area contributed by atoms with E-state index in [2.05, 4.69) is 29.5 Å². The number of benzene rings is 1. The number of hydrogen-bond donors (Lipinski definition) is 2. The van der Waals surface area contributed by atoms with Crippen LogP contribution in [0.1, 0.15) is 43.7 Å². The minimum absolute atomic E-state index is 0.253. The molecule has 0 radical (unpaired) electrons. The molecule has 3 heterocycles. The molecule has 0 spiro atoms. The summed E-state index contributed by atoms with van der Waals surface area (Å²) in [6.45, 7) is 6.16. The lowest BCUT2D eigenvalue weighted by Crippen LogP contribution is -2.18. The Hall–Kier alpha value is -3.58. The van der Waals surface area contributed by atoms with Gasteiger partial charge in [-0.2, -0.15) is 0 Å². The van der Waals surface area contributed by atoms with Crippen LogP contribution < -0.4 is 15.4 Å². The lowest BCUT2D eigenvalue weighted by molar-refractivity contribution is 0.0997. The van der Waals surface area contributed by atoms with E-state index in [0.717, 1.165) is 43.7 Å². The molecule has 0 bridgehead atoms. The van der Waals surface area contributed by atoms with E-state index in [0.29, 0.717) is 0 Å². The summed E-state index contributed by atoms with van der Waals surface area (Å²) in [5, 5.41) is 7.39. The highest BCUT2D eigenvalue weighted by Crippen LogP contribution is 2.41. The Morgan fingerprint density at radius 2 is 1.97 bits per heavy atom. The number of carbonyl (C=O) groups is 1. The first-order valence-corrected chi connectivity index (χ1v) is 11.1. The van der Waals surface area contributed by atoms with E-state index in [4.69, 9.17) is 9.15 Å². The van der Waals surface area contributed by atoms with Gasteiger partial charge in [0.2, 0.25) is 0 Å². The molecule has 164 valence electrons. The Morgan fingerprint density at radius 3 is 2.69 bits per heavy atom. The smallest absolute Gasteiger partial charge is 0.291 e. The molecule has 0 fully saturated rings. The molecule has 3 aromatic heterocycles. The minimum Gasteiger partial charge on any atom is -0.497 e. The van der Waals surface area contributed by atoms with Crippen molar-refractivity contribution in [2.45, 2.75) is 26.8 Å². The van der Waals surface area contributed by atoms with E-state index in [1.165, 1.54) is 6.26 Å². The Morgan fingerprint density at radius 1 is 1.12 bits per heavy atom. The summed E-state index contributed by atoms with van der Waals surface area (Å²) in [7, 11) is 1.65. The number of nitrogens with one attached hydrogen (secondary N) is 2. The van der Waals surface area contributed by atoms with Gasteiger partial charge in [0.05, 0.1) is 19.4 Å². The van der Waals surface area contributed by atoms with Crippen LogP contribution in [0.25, 0.3) is 0 Å². The number of aromatic nitrogens is 1. The van der Waals surface area contributed by atoms with E-state index < -0.39 is 0 Å². The number of ether oxygens (including phenoxy) is 1. The van der Waals surface area contributed by atoms with Crippen molar-refractivity contribution in [2.75, 3.05) is 17.7 Å². The molecule has 1 atom stereocenters. The maximum absolute atomic E-state index is 12.8. The fraction of sp³-hybridized carbons (Fsp3) is 0.200. The molecule has 4 aromatic rings. The lowest BCUT2D eigenvalue weighted by Gasteiger charge is -2.23. The summed E-state index contributed by atoms with van der Waals surface area (Å²) in [6, 6.07) is 15.0. The van der Waals surface area contributed by atoms with E-state index in [1.807, 2.05) is 43.3 Å². The van der Waals surface area contributed by atoms with E-state index in [1.54, 1.807) is 36.8 Å². The number of hydrogen-bond acceptors (Lipinski definition) is 6. The van der Waals surface area contributed by atoms with Crippen molar-refractivity contribution in [2.24, 2.45) is 0 Å². The van der Waals surface area contributed by atoms with Crippen LogP contribution in [0.15, 0.2) is 65.4 Å². The van der Waals surface area contributed by atoms with Gasteiger partial charge in [-0.05, 0) is 73.9 Å². The molecule has 0 saturated heterocycles. The standard InChI is InChI=1S/C25H25N3O3S/c1-15-10-11-26-21(13-15)27-23(18-7-5-8-19(14-18)30-4)22-16(2)17(3)32-25(22)28-24(29)20-9-6-12-31-20/h5-14,23H,1-4H3,(H,26,27)(H,28,29)/t23-/m1/s1. The van der Waals surface area contributed by atoms with Gasteiger partial charge in [0.1, 0.15) is 16.6 Å². The average Bonchev–Trinajstić information content (AvgIpc) is 3.41. The third kappa shape index (κ3) is 4.53. The van der Waals surface area contributed by atoms with Crippen molar-refractivity contribution in [1.29, 1.82) is 0 Å². The number of carbonyl (C=O) groups excluding carboxylic acids is 1. The summed E-state index contributed by atoms with van der Waals surface area (Å²) in [4.78, 5) is 18.4. The van der Waals surface area contributed by atoms with Gasteiger partial charge in [-0.3, -0.25) is 4.79 Å². The van der Waals surface area contributed by atoms with Crippen molar-refractivity contribution in [3.05, 3.63) is 93.9 Å². The number of methoxy groups -OCH3 is 1. The van der Waals surface area contributed by atoms with E-state index in [9.17, 15) is 4.79 Å². The molecule has 0 aliphatic rings. The maximum atomic E-state index is 12.8.